The van der Waals surface area contributed by atoms with Gasteiger partial charge in [-0.15, -0.1) is 0 Å². The number of benzene rings is 1. The van der Waals surface area contributed by atoms with E-state index in [1.54, 1.807) is 24.8 Å². The van der Waals surface area contributed by atoms with Gasteiger partial charge in [-0.3, -0.25) is 9.69 Å². The van der Waals surface area contributed by atoms with Gasteiger partial charge >= 0.3 is 0 Å². The molecule has 0 spiro atoms. The molecule has 1 amide bonds. The van der Waals surface area contributed by atoms with Crippen molar-refractivity contribution in [3.05, 3.63) is 23.8 Å². The molecule has 1 aromatic rings. The molecule has 0 aromatic heterocycles. The molecule has 2 rings (SSSR count). The molecule has 0 bridgehead atoms. The molecule has 1 heterocycles. The second-order valence-corrected chi connectivity index (χ2v) is 4.79. The first kappa shape index (κ1) is 11.5. The lowest BCUT2D eigenvalue weighted by Gasteiger charge is -2.37. The molecule has 88 valence electrons. The maximum absolute atomic E-state index is 12.0. The van der Waals surface area contributed by atoms with Gasteiger partial charge in [-0.05, 0) is 44.0 Å². The summed E-state index contributed by atoms with van der Waals surface area (Å²) in [6, 6.07) is 7.63. The molecule has 0 saturated carbocycles. The van der Waals surface area contributed by atoms with Crippen molar-refractivity contribution in [2.45, 2.75) is 32.2 Å². The van der Waals surface area contributed by atoms with Crippen molar-refractivity contribution in [1.82, 2.24) is 0 Å². The van der Waals surface area contributed by atoms with Crippen molar-refractivity contribution in [3.8, 4) is 6.07 Å². The predicted molar refractivity (Wildman–Crippen MR) is 66.4 cm³/mol. The summed E-state index contributed by atoms with van der Waals surface area (Å²) < 4.78 is 0. The fraction of sp³-hybridized carbons (Fsp3) is 0.385. The van der Waals surface area contributed by atoms with Crippen molar-refractivity contribution < 1.29 is 4.79 Å². The zero-order valence-corrected chi connectivity index (χ0v) is 10.0. The van der Waals surface area contributed by atoms with Gasteiger partial charge in [0.25, 0.3) is 0 Å². The summed E-state index contributed by atoms with van der Waals surface area (Å²) in [6.45, 7) is 3.49. The second-order valence-electron chi connectivity index (χ2n) is 4.79. The van der Waals surface area contributed by atoms with E-state index in [0.29, 0.717) is 18.5 Å². The van der Waals surface area contributed by atoms with Crippen molar-refractivity contribution in [2.24, 2.45) is 0 Å². The number of carbonyl (C=O) groups is 1. The standard InChI is InChI=1S/C13H15N3O/c1-13(2,8-14)16-11-5-4-10(15)7-9(11)3-6-12(16)17/h4-5,7H,3,6,15H2,1-2H3. The van der Waals surface area contributed by atoms with E-state index >= 15 is 0 Å². The molecule has 4 nitrogen and oxygen atoms in total. The van der Waals surface area contributed by atoms with E-state index in [2.05, 4.69) is 6.07 Å². The van der Waals surface area contributed by atoms with Crippen LogP contribution < -0.4 is 10.6 Å². The van der Waals surface area contributed by atoms with Crippen molar-refractivity contribution >= 4 is 17.3 Å². The van der Waals surface area contributed by atoms with Gasteiger partial charge in [0.15, 0.2) is 0 Å². The lowest BCUT2D eigenvalue weighted by atomic mass is 9.94. The van der Waals surface area contributed by atoms with Crippen molar-refractivity contribution in [3.63, 3.8) is 0 Å². The summed E-state index contributed by atoms with van der Waals surface area (Å²) in [6.07, 6.45) is 1.12. The maximum atomic E-state index is 12.0. The molecule has 2 N–H and O–H groups in total. The van der Waals surface area contributed by atoms with Crippen LogP contribution in [0.2, 0.25) is 0 Å². The molecule has 17 heavy (non-hydrogen) atoms. The Morgan fingerprint density at radius 2 is 2.12 bits per heavy atom. The Hall–Kier alpha value is -2.02. The van der Waals surface area contributed by atoms with Crippen LogP contribution in [0.15, 0.2) is 18.2 Å². The molecular formula is C13H15N3O. The largest absolute Gasteiger partial charge is 0.399 e. The summed E-state index contributed by atoms with van der Waals surface area (Å²) in [5.41, 5.74) is 7.43. The summed E-state index contributed by atoms with van der Waals surface area (Å²) in [4.78, 5) is 13.6. The fourth-order valence-electron chi connectivity index (χ4n) is 2.17. The Labute approximate surface area is 101 Å². The van der Waals surface area contributed by atoms with Gasteiger partial charge in [0, 0.05) is 17.8 Å². The number of nitrogens with zero attached hydrogens (tertiary/aromatic N) is 2. The van der Waals surface area contributed by atoms with Crippen LogP contribution >= 0.6 is 0 Å². The highest BCUT2D eigenvalue weighted by Crippen LogP contribution is 2.34. The first-order valence-corrected chi connectivity index (χ1v) is 5.58. The number of nitrogen functional groups attached to an aromatic ring is 1. The number of amides is 1. The monoisotopic (exact) mass is 229 g/mol. The SMILES string of the molecule is CC(C)(C#N)N1C(=O)CCc2cc(N)ccc21. The molecule has 1 aliphatic heterocycles. The van der Waals surface area contributed by atoms with Crippen molar-refractivity contribution in [1.29, 1.82) is 5.26 Å². The van der Waals surface area contributed by atoms with Crippen LogP contribution in [0.25, 0.3) is 0 Å². The van der Waals surface area contributed by atoms with Gasteiger partial charge in [0.2, 0.25) is 5.91 Å². The third kappa shape index (κ3) is 1.84. The summed E-state index contributed by atoms with van der Waals surface area (Å²) in [7, 11) is 0. The van der Waals surface area contributed by atoms with Gasteiger partial charge in [-0.2, -0.15) is 5.26 Å². The van der Waals surface area contributed by atoms with Gasteiger partial charge in [0.1, 0.15) is 5.54 Å². The molecule has 4 heteroatoms. The van der Waals surface area contributed by atoms with Gasteiger partial charge in [-0.1, -0.05) is 0 Å². The lowest BCUT2D eigenvalue weighted by Crippen LogP contribution is -2.49. The molecular weight excluding hydrogens is 214 g/mol. The van der Waals surface area contributed by atoms with E-state index in [9.17, 15) is 10.1 Å². The fourth-order valence-corrected chi connectivity index (χ4v) is 2.17. The molecule has 0 unspecified atom stereocenters. The smallest absolute Gasteiger partial charge is 0.228 e. The summed E-state index contributed by atoms with van der Waals surface area (Å²) in [5, 5.41) is 9.18. The molecule has 1 aromatic carbocycles. The first-order chi connectivity index (χ1) is 7.95. The molecule has 0 saturated heterocycles. The second kappa shape index (κ2) is 3.77. The normalized spacial score (nSPS) is 15.4. The number of carbonyl (C=O) groups excluding carboxylic acids is 1. The van der Waals surface area contributed by atoms with Gasteiger partial charge < -0.3 is 5.73 Å². The van der Waals surface area contributed by atoms with Gasteiger partial charge in [-0.25, -0.2) is 0 Å². The quantitative estimate of drug-likeness (QED) is 0.747. The minimum Gasteiger partial charge on any atom is -0.399 e. The van der Waals surface area contributed by atoms with Crippen LogP contribution in [0, 0.1) is 11.3 Å². The number of rotatable bonds is 1. The van der Waals surface area contributed by atoms with E-state index in [4.69, 9.17) is 5.73 Å². The zero-order valence-electron chi connectivity index (χ0n) is 10.0. The third-order valence-corrected chi connectivity index (χ3v) is 3.03. The van der Waals surface area contributed by atoms with Crippen LogP contribution in [0.5, 0.6) is 0 Å². The predicted octanol–water partition coefficient (Wildman–Crippen LogP) is 1.85. The van der Waals surface area contributed by atoms with E-state index in [1.807, 2.05) is 12.1 Å². The average molecular weight is 229 g/mol. The van der Waals surface area contributed by atoms with Crippen molar-refractivity contribution in [2.75, 3.05) is 10.6 Å². The minimum absolute atomic E-state index is 0.00572. The number of fused-ring (bicyclic) bond motifs is 1. The summed E-state index contributed by atoms with van der Waals surface area (Å²) >= 11 is 0. The molecule has 1 aliphatic rings. The van der Waals surface area contributed by atoms with Gasteiger partial charge in [0.05, 0.1) is 6.07 Å². The van der Waals surface area contributed by atoms with Crippen LogP contribution in [0.4, 0.5) is 11.4 Å². The third-order valence-electron chi connectivity index (χ3n) is 3.03. The molecule has 0 fully saturated rings. The minimum atomic E-state index is -0.831. The molecule has 0 atom stereocenters. The van der Waals surface area contributed by atoms with E-state index < -0.39 is 5.54 Å². The number of anilines is 2. The van der Waals surface area contributed by atoms with Crippen LogP contribution in [0.3, 0.4) is 0 Å². The number of nitrogens with two attached hydrogens (primary N) is 1. The van der Waals surface area contributed by atoms with Crippen LogP contribution in [0.1, 0.15) is 25.8 Å². The molecule has 0 aliphatic carbocycles. The van der Waals surface area contributed by atoms with Crippen LogP contribution in [-0.4, -0.2) is 11.4 Å². The lowest BCUT2D eigenvalue weighted by molar-refractivity contribution is -0.119. The topological polar surface area (TPSA) is 70.1 Å². The zero-order chi connectivity index (χ0) is 12.6. The number of nitriles is 1. The Balaban J connectivity index is 2.56. The first-order valence-electron chi connectivity index (χ1n) is 5.58. The highest BCUT2D eigenvalue weighted by molar-refractivity contribution is 5.98. The van der Waals surface area contributed by atoms with E-state index in [-0.39, 0.29) is 5.91 Å². The number of hydrogen-bond acceptors (Lipinski definition) is 3. The van der Waals surface area contributed by atoms with Crippen LogP contribution in [-0.2, 0) is 11.2 Å². The highest BCUT2D eigenvalue weighted by Gasteiger charge is 2.35. The Morgan fingerprint density at radius 3 is 2.76 bits per heavy atom. The Bertz CT molecular complexity index is 514. The summed E-state index contributed by atoms with van der Waals surface area (Å²) in [5.74, 6) is -0.00572. The highest BCUT2D eigenvalue weighted by atomic mass is 16.2. The van der Waals surface area contributed by atoms with E-state index in [1.165, 1.54) is 0 Å². The maximum Gasteiger partial charge on any atom is 0.228 e. The Morgan fingerprint density at radius 1 is 1.41 bits per heavy atom. The average Bonchev–Trinajstić information content (AvgIpc) is 2.29. The van der Waals surface area contributed by atoms with E-state index in [0.717, 1.165) is 11.3 Å². The number of hydrogen-bond donors (Lipinski definition) is 1. The molecule has 0 radical (unpaired) electrons. The number of aryl methyl sites for hydroxylation is 1. The Kier molecular flexibility index (Phi) is 2.55.